The Morgan fingerprint density at radius 1 is 1.05 bits per heavy atom. The molecule has 0 spiro atoms. The highest BCUT2D eigenvalue weighted by molar-refractivity contribution is 5.34. The quantitative estimate of drug-likeness (QED) is 0.873. The molecule has 0 atom stereocenters. The van der Waals surface area contributed by atoms with Crippen LogP contribution in [0.5, 0.6) is 0 Å². The van der Waals surface area contributed by atoms with Crippen LogP contribution in [0, 0.1) is 30.6 Å². The van der Waals surface area contributed by atoms with Gasteiger partial charge in [-0.1, -0.05) is 32.0 Å². The minimum atomic E-state index is -0.306. The third-order valence-corrected chi connectivity index (χ3v) is 3.72. The molecule has 2 heteroatoms. The van der Waals surface area contributed by atoms with E-state index in [0.717, 1.165) is 13.1 Å². The molecule has 0 amide bonds. The Bertz CT molecular complexity index is 479. The van der Waals surface area contributed by atoms with E-state index in [4.69, 9.17) is 5.26 Å². The maximum absolute atomic E-state index is 9.02. The van der Waals surface area contributed by atoms with Crippen molar-refractivity contribution in [1.29, 1.82) is 5.26 Å². The average molecular weight is 258 g/mol. The zero-order chi connectivity index (χ0) is 14.7. The van der Waals surface area contributed by atoms with Crippen molar-refractivity contribution in [3.63, 3.8) is 0 Å². The smallest absolute Gasteiger partial charge is 0.0697 e. The molecule has 0 aliphatic carbocycles. The summed E-state index contributed by atoms with van der Waals surface area (Å²) in [5.41, 5.74) is 3.78. The lowest BCUT2D eigenvalue weighted by atomic mass is 9.83. The predicted molar refractivity (Wildman–Crippen MR) is 81.2 cm³/mol. The Morgan fingerprint density at radius 3 is 2.21 bits per heavy atom. The van der Waals surface area contributed by atoms with Crippen LogP contribution in [0.25, 0.3) is 0 Å². The van der Waals surface area contributed by atoms with Gasteiger partial charge in [0.2, 0.25) is 0 Å². The van der Waals surface area contributed by atoms with Gasteiger partial charge < -0.3 is 5.32 Å². The van der Waals surface area contributed by atoms with E-state index in [1.54, 1.807) is 0 Å². The largest absolute Gasteiger partial charge is 0.314 e. The third kappa shape index (κ3) is 4.36. The normalized spacial score (nSPS) is 12.3. The van der Waals surface area contributed by atoms with Gasteiger partial charge in [0.15, 0.2) is 0 Å². The van der Waals surface area contributed by atoms with Crippen LogP contribution in [-0.4, -0.2) is 13.1 Å². The van der Waals surface area contributed by atoms with Crippen molar-refractivity contribution in [2.45, 2.75) is 47.0 Å². The van der Waals surface area contributed by atoms with E-state index in [0.29, 0.717) is 0 Å². The number of rotatable bonds is 5. The molecule has 104 valence electrons. The van der Waals surface area contributed by atoms with Crippen LogP contribution in [0.15, 0.2) is 18.2 Å². The molecule has 0 aliphatic heterocycles. The predicted octanol–water partition coefficient (Wildman–Crippen LogP) is 3.72. The van der Waals surface area contributed by atoms with Crippen molar-refractivity contribution in [2.24, 2.45) is 5.41 Å². The molecular formula is C17H26N2. The highest BCUT2D eigenvalue weighted by Crippen LogP contribution is 2.24. The molecule has 1 aromatic rings. The van der Waals surface area contributed by atoms with E-state index in [-0.39, 0.29) is 10.8 Å². The molecule has 1 N–H and O–H groups in total. The fraction of sp³-hybridized carbons (Fsp3) is 0.588. The van der Waals surface area contributed by atoms with Crippen LogP contribution in [-0.2, 0) is 5.41 Å². The van der Waals surface area contributed by atoms with Crippen molar-refractivity contribution < 1.29 is 0 Å². The summed E-state index contributed by atoms with van der Waals surface area (Å²) in [4.78, 5) is 0. The van der Waals surface area contributed by atoms with E-state index in [1.807, 2.05) is 13.8 Å². The van der Waals surface area contributed by atoms with Crippen molar-refractivity contribution in [1.82, 2.24) is 5.32 Å². The molecule has 1 aromatic carbocycles. The summed E-state index contributed by atoms with van der Waals surface area (Å²) in [5.74, 6) is 0. The highest BCUT2D eigenvalue weighted by Gasteiger charge is 2.23. The molecule has 0 unspecified atom stereocenters. The van der Waals surface area contributed by atoms with Crippen molar-refractivity contribution >= 4 is 0 Å². The van der Waals surface area contributed by atoms with Crippen molar-refractivity contribution in [3.8, 4) is 6.07 Å². The standard InChI is InChI=1S/C17H26N2/c1-13-7-8-15(9-14(13)2)17(5,6)12-19-11-16(3,4)10-18/h7-9,19H,11-12H2,1-6H3. The molecule has 2 nitrogen and oxygen atoms in total. The second-order valence-electron chi connectivity index (χ2n) is 6.78. The van der Waals surface area contributed by atoms with E-state index in [2.05, 4.69) is 57.3 Å². The minimum absolute atomic E-state index is 0.0734. The van der Waals surface area contributed by atoms with E-state index >= 15 is 0 Å². The van der Waals surface area contributed by atoms with Crippen LogP contribution >= 0.6 is 0 Å². The Morgan fingerprint density at radius 2 is 1.68 bits per heavy atom. The van der Waals surface area contributed by atoms with Gasteiger partial charge in [0, 0.05) is 18.5 Å². The Balaban J connectivity index is 2.71. The maximum Gasteiger partial charge on any atom is 0.0697 e. The first-order chi connectivity index (χ1) is 8.68. The maximum atomic E-state index is 9.02. The lowest BCUT2D eigenvalue weighted by molar-refractivity contribution is 0.397. The Hall–Kier alpha value is -1.33. The van der Waals surface area contributed by atoms with Gasteiger partial charge in [-0.05, 0) is 44.4 Å². The van der Waals surface area contributed by atoms with Crippen LogP contribution in [0.2, 0.25) is 0 Å². The van der Waals surface area contributed by atoms with Crippen molar-refractivity contribution in [3.05, 3.63) is 34.9 Å². The Kier molecular flexibility index (Phi) is 4.76. The van der Waals surface area contributed by atoms with E-state index < -0.39 is 0 Å². The van der Waals surface area contributed by atoms with E-state index in [9.17, 15) is 0 Å². The fourth-order valence-corrected chi connectivity index (χ4v) is 1.99. The number of nitrogens with one attached hydrogen (secondary N) is 1. The molecule has 0 fully saturated rings. The molecule has 19 heavy (non-hydrogen) atoms. The SMILES string of the molecule is Cc1ccc(C(C)(C)CNCC(C)(C)C#N)cc1C. The number of aryl methyl sites for hydroxylation is 2. The lowest BCUT2D eigenvalue weighted by Gasteiger charge is -2.28. The molecule has 0 saturated heterocycles. The van der Waals surface area contributed by atoms with Crippen LogP contribution in [0.1, 0.15) is 44.4 Å². The van der Waals surface area contributed by atoms with Gasteiger partial charge in [-0.2, -0.15) is 5.26 Å². The Labute approximate surface area is 117 Å². The molecule has 0 aliphatic rings. The van der Waals surface area contributed by atoms with Gasteiger partial charge in [-0.15, -0.1) is 0 Å². The summed E-state index contributed by atoms with van der Waals surface area (Å²) in [6.45, 7) is 14.3. The zero-order valence-corrected chi connectivity index (χ0v) is 13.1. The number of nitrogens with zero attached hydrogens (tertiary/aromatic N) is 1. The number of benzene rings is 1. The summed E-state index contributed by atoms with van der Waals surface area (Å²) in [5, 5.41) is 12.4. The van der Waals surface area contributed by atoms with Gasteiger partial charge >= 0.3 is 0 Å². The molecule has 0 saturated carbocycles. The van der Waals surface area contributed by atoms with Gasteiger partial charge in [-0.25, -0.2) is 0 Å². The van der Waals surface area contributed by atoms with Gasteiger partial charge in [0.1, 0.15) is 0 Å². The minimum Gasteiger partial charge on any atom is -0.314 e. The monoisotopic (exact) mass is 258 g/mol. The first-order valence-electron chi connectivity index (χ1n) is 6.88. The molecule has 0 bridgehead atoms. The van der Waals surface area contributed by atoms with E-state index in [1.165, 1.54) is 16.7 Å². The second kappa shape index (κ2) is 5.75. The zero-order valence-electron chi connectivity index (χ0n) is 13.1. The van der Waals surface area contributed by atoms with Crippen LogP contribution in [0.3, 0.4) is 0 Å². The first kappa shape index (κ1) is 15.7. The molecule has 0 aromatic heterocycles. The molecule has 0 heterocycles. The number of hydrogen-bond acceptors (Lipinski definition) is 2. The topological polar surface area (TPSA) is 35.8 Å². The third-order valence-electron chi connectivity index (χ3n) is 3.72. The average Bonchev–Trinajstić information content (AvgIpc) is 2.32. The first-order valence-corrected chi connectivity index (χ1v) is 6.88. The van der Waals surface area contributed by atoms with Crippen LogP contribution in [0.4, 0.5) is 0 Å². The lowest BCUT2D eigenvalue weighted by Crippen LogP contribution is -2.37. The summed E-state index contributed by atoms with van der Waals surface area (Å²) in [7, 11) is 0. The molecular weight excluding hydrogens is 232 g/mol. The van der Waals surface area contributed by atoms with Gasteiger partial charge in [0.05, 0.1) is 11.5 Å². The number of nitriles is 1. The van der Waals surface area contributed by atoms with Gasteiger partial charge in [-0.3, -0.25) is 0 Å². The fourth-order valence-electron chi connectivity index (χ4n) is 1.99. The highest BCUT2D eigenvalue weighted by atomic mass is 14.9. The number of hydrogen-bond donors (Lipinski definition) is 1. The second-order valence-corrected chi connectivity index (χ2v) is 6.78. The summed E-state index contributed by atoms with van der Waals surface area (Å²) in [6.07, 6.45) is 0. The van der Waals surface area contributed by atoms with Crippen LogP contribution < -0.4 is 5.32 Å². The molecule has 0 radical (unpaired) electrons. The molecule has 1 rings (SSSR count). The summed E-state index contributed by atoms with van der Waals surface area (Å²) in [6, 6.07) is 8.99. The van der Waals surface area contributed by atoms with Gasteiger partial charge in [0.25, 0.3) is 0 Å². The van der Waals surface area contributed by atoms with Crippen molar-refractivity contribution in [2.75, 3.05) is 13.1 Å². The summed E-state index contributed by atoms with van der Waals surface area (Å²) >= 11 is 0. The summed E-state index contributed by atoms with van der Waals surface area (Å²) < 4.78 is 0.